The number of likely N-dealkylation sites (N-methyl/N-ethyl adjacent to an activating group) is 2. The normalized spacial score (nSPS) is 20.2. The summed E-state index contributed by atoms with van der Waals surface area (Å²) in [5, 5.41) is 3.29. The molecule has 102 valence electrons. The molecule has 2 heterocycles. The van der Waals surface area contributed by atoms with Gasteiger partial charge in [-0.15, -0.1) is 0 Å². The minimum absolute atomic E-state index is 0.360. The van der Waals surface area contributed by atoms with E-state index in [0.717, 1.165) is 43.2 Å². The van der Waals surface area contributed by atoms with Crippen LogP contribution in [0, 0.1) is 6.92 Å². The van der Waals surface area contributed by atoms with Gasteiger partial charge in [0.15, 0.2) is 0 Å². The van der Waals surface area contributed by atoms with Crippen molar-refractivity contribution < 1.29 is 0 Å². The van der Waals surface area contributed by atoms with E-state index in [2.05, 4.69) is 48.1 Å². The predicted molar refractivity (Wildman–Crippen MR) is 76.8 cm³/mol. The summed E-state index contributed by atoms with van der Waals surface area (Å²) in [6, 6.07) is 0.360. The van der Waals surface area contributed by atoms with Gasteiger partial charge in [0.25, 0.3) is 0 Å². The van der Waals surface area contributed by atoms with Crippen LogP contribution in [0.1, 0.15) is 17.6 Å². The average molecular weight is 316 g/mol. The Kier molecular flexibility index (Phi) is 4.77. The number of imidazole rings is 1. The van der Waals surface area contributed by atoms with Gasteiger partial charge in [-0.25, -0.2) is 4.98 Å². The van der Waals surface area contributed by atoms with Crippen LogP contribution >= 0.6 is 15.9 Å². The lowest BCUT2D eigenvalue weighted by Gasteiger charge is -2.37. The van der Waals surface area contributed by atoms with Crippen LogP contribution in [0.5, 0.6) is 0 Å². The molecular formula is C12H22BrN5. The molecule has 1 saturated heterocycles. The zero-order valence-electron chi connectivity index (χ0n) is 11.3. The van der Waals surface area contributed by atoms with E-state index in [1.54, 1.807) is 0 Å². The van der Waals surface area contributed by atoms with E-state index < -0.39 is 0 Å². The molecule has 1 aromatic heterocycles. The maximum Gasteiger partial charge on any atom is 0.129 e. The first-order valence-electron chi connectivity index (χ1n) is 6.41. The third-order valence-electron chi connectivity index (χ3n) is 3.51. The number of H-pyrrole nitrogens is 1. The summed E-state index contributed by atoms with van der Waals surface area (Å²) in [4.78, 5) is 12.7. The van der Waals surface area contributed by atoms with Crippen molar-refractivity contribution in [1.29, 1.82) is 0 Å². The van der Waals surface area contributed by atoms with Crippen LogP contribution in [0.4, 0.5) is 0 Å². The van der Waals surface area contributed by atoms with Crippen molar-refractivity contribution in [1.82, 2.24) is 25.1 Å². The number of hydrogen-bond donors (Lipinski definition) is 2. The van der Waals surface area contributed by atoms with Crippen molar-refractivity contribution >= 4 is 15.9 Å². The summed E-state index contributed by atoms with van der Waals surface area (Å²) in [5.74, 6) is 0.965. The molecule has 5 nitrogen and oxygen atoms in total. The Bertz CT molecular complexity index is 384. The Hall–Kier alpha value is -0.430. The Labute approximate surface area is 117 Å². The lowest BCUT2D eigenvalue weighted by molar-refractivity contribution is 0.109. The van der Waals surface area contributed by atoms with Crippen molar-refractivity contribution in [3.63, 3.8) is 0 Å². The smallest absolute Gasteiger partial charge is 0.129 e. The summed E-state index contributed by atoms with van der Waals surface area (Å²) in [6.07, 6.45) is 0. The maximum atomic E-state index is 4.42. The molecule has 1 aliphatic heterocycles. The summed E-state index contributed by atoms with van der Waals surface area (Å²) in [5.41, 5.74) is 1.19. The average Bonchev–Trinajstić information content (AvgIpc) is 2.67. The largest absolute Gasteiger partial charge is 0.344 e. The molecule has 1 unspecified atom stereocenters. The monoisotopic (exact) mass is 315 g/mol. The van der Waals surface area contributed by atoms with Gasteiger partial charge in [-0.3, -0.25) is 4.90 Å². The highest BCUT2D eigenvalue weighted by Crippen LogP contribution is 2.26. The van der Waals surface area contributed by atoms with E-state index in [1.165, 1.54) is 5.69 Å². The molecular weight excluding hydrogens is 294 g/mol. The van der Waals surface area contributed by atoms with Gasteiger partial charge < -0.3 is 15.2 Å². The number of nitrogens with zero attached hydrogens (tertiary/aromatic N) is 3. The second-order valence-electron chi connectivity index (χ2n) is 4.94. The Balaban J connectivity index is 2.15. The van der Waals surface area contributed by atoms with Crippen LogP contribution in [0.2, 0.25) is 0 Å². The number of aryl methyl sites for hydroxylation is 1. The molecule has 0 aliphatic carbocycles. The van der Waals surface area contributed by atoms with Crippen molar-refractivity contribution in [2.45, 2.75) is 13.0 Å². The van der Waals surface area contributed by atoms with Crippen LogP contribution in [0.3, 0.4) is 0 Å². The number of hydrogen-bond acceptors (Lipinski definition) is 4. The Morgan fingerprint density at radius 2 is 2.06 bits per heavy atom. The third kappa shape index (κ3) is 3.12. The fourth-order valence-electron chi connectivity index (χ4n) is 2.44. The van der Waals surface area contributed by atoms with Gasteiger partial charge in [0.05, 0.1) is 11.7 Å². The van der Waals surface area contributed by atoms with Crippen molar-refractivity contribution in [3.05, 3.63) is 16.1 Å². The van der Waals surface area contributed by atoms with Crippen molar-refractivity contribution in [3.8, 4) is 0 Å². The summed E-state index contributed by atoms with van der Waals surface area (Å²) in [7, 11) is 4.18. The zero-order valence-corrected chi connectivity index (χ0v) is 12.9. The maximum absolute atomic E-state index is 4.42. The number of halogens is 1. The molecule has 2 N–H and O–H groups in total. The molecule has 0 radical (unpaired) electrons. The summed E-state index contributed by atoms with van der Waals surface area (Å²) in [6.45, 7) is 7.40. The van der Waals surface area contributed by atoms with Crippen molar-refractivity contribution in [2.24, 2.45) is 0 Å². The first kappa shape index (κ1) is 14.0. The van der Waals surface area contributed by atoms with E-state index in [1.807, 2.05) is 14.0 Å². The van der Waals surface area contributed by atoms with Gasteiger partial charge >= 0.3 is 0 Å². The van der Waals surface area contributed by atoms with Crippen LogP contribution < -0.4 is 5.32 Å². The fourth-order valence-corrected chi connectivity index (χ4v) is 3.07. The predicted octanol–water partition coefficient (Wildman–Crippen LogP) is 0.989. The van der Waals surface area contributed by atoms with E-state index in [0.29, 0.717) is 6.04 Å². The van der Waals surface area contributed by atoms with Gasteiger partial charge in [-0.2, -0.15) is 0 Å². The van der Waals surface area contributed by atoms with Gasteiger partial charge in [-0.1, -0.05) is 0 Å². The molecule has 1 aromatic rings. The first-order chi connectivity index (χ1) is 8.61. The number of rotatable bonds is 4. The van der Waals surface area contributed by atoms with Crippen LogP contribution in [0.15, 0.2) is 4.60 Å². The van der Waals surface area contributed by atoms with Crippen molar-refractivity contribution in [2.75, 3.05) is 46.8 Å². The standard InChI is InChI=1S/C12H22BrN5/c1-9-15-11(12(13)16-9)10(8-14-2)18-6-4-17(3)5-7-18/h10,14H,4-8H2,1-3H3,(H,15,16). The van der Waals surface area contributed by atoms with E-state index >= 15 is 0 Å². The minimum atomic E-state index is 0.360. The highest BCUT2D eigenvalue weighted by atomic mass is 79.9. The third-order valence-corrected chi connectivity index (χ3v) is 4.12. The minimum Gasteiger partial charge on any atom is -0.344 e. The molecule has 0 bridgehead atoms. The van der Waals surface area contributed by atoms with Crippen LogP contribution in [-0.2, 0) is 0 Å². The molecule has 1 atom stereocenters. The second kappa shape index (κ2) is 6.14. The molecule has 18 heavy (non-hydrogen) atoms. The number of nitrogens with one attached hydrogen (secondary N) is 2. The van der Waals surface area contributed by atoms with Gasteiger partial charge in [-0.05, 0) is 36.9 Å². The first-order valence-corrected chi connectivity index (χ1v) is 7.20. The number of aromatic amines is 1. The summed E-state index contributed by atoms with van der Waals surface area (Å²) < 4.78 is 0.944. The highest BCUT2D eigenvalue weighted by Gasteiger charge is 2.26. The van der Waals surface area contributed by atoms with E-state index in [9.17, 15) is 0 Å². The fraction of sp³-hybridized carbons (Fsp3) is 0.750. The quantitative estimate of drug-likeness (QED) is 0.870. The molecule has 0 amide bonds. The number of piperazine rings is 1. The lowest BCUT2D eigenvalue weighted by atomic mass is 10.1. The molecule has 0 spiro atoms. The molecule has 0 aromatic carbocycles. The molecule has 6 heteroatoms. The van der Waals surface area contributed by atoms with Crippen LogP contribution in [-0.4, -0.2) is 66.6 Å². The lowest BCUT2D eigenvalue weighted by Crippen LogP contribution is -2.48. The topological polar surface area (TPSA) is 47.2 Å². The molecule has 1 aliphatic rings. The summed E-state index contributed by atoms with van der Waals surface area (Å²) >= 11 is 3.56. The second-order valence-corrected chi connectivity index (χ2v) is 5.69. The molecule has 2 rings (SSSR count). The van der Waals surface area contributed by atoms with Gasteiger partial charge in [0, 0.05) is 32.7 Å². The highest BCUT2D eigenvalue weighted by molar-refractivity contribution is 9.10. The molecule has 1 fully saturated rings. The number of aromatic nitrogens is 2. The molecule has 0 saturated carbocycles. The van der Waals surface area contributed by atoms with Gasteiger partial charge in [0.2, 0.25) is 0 Å². The van der Waals surface area contributed by atoms with E-state index in [4.69, 9.17) is 0 Å². The zero-order chi connectivity index (χ0) is 13.1. The SMILES string of the molecule is CNCC(c1[nH]c(C)nc1Br)N1CCN(C)CC1. The Morgan fingerprint density at radius 3 is 2.56 bits per heavy atom. The van der Waals surface area contributed by atoms with Gasteiger partial charge in [0.1, 0.15) is 10.4 Å². The Morgan fingerprint density at radius 1 is 1.39 bits per heavy atom. The van der Waals surface area contributed by atoms with Crippen LogP contribution in [0.25, 0.3) is 0 Å². The van der Waals surface area contributed by atoms with E-state index in [-0.39, 0.29) is 0 Å².